The number of nitrogens with zero attached hydrogens (tertiary/aromatic N) is 2. The maximum Gasteiger partial charge on any atom is 0.326 e. The lowest BCUT2D eigenvalue weighted by Crippen LogP contribution is -2.62. The minimum absolute atomic E-state index is 0.0269. The van der Waals surface area contributed by atoms with Crippen LogP contribution in [0.15, 0.2) is 12.5 Å². The molecule has 0 saturated carbocycles. The van der Waals surface area contributed by atoms with Gasteiger partial charge in [-0.05, 0) is 83.1 Å². The largest absolute Gasteiger partial charge is 0.481 e. The average molecular weight is 1170 g/mol. The standard InChI is InChI=1S/C50H81N13O19/c1-24(2)17-28(52)41(72)61-35(22-64)46(77)55-29(11-13-37(66)67)42(73)58-32(19-27-21-53-23-54-27)45(76)62-40(26(5)65)48(79)56-30(12-14-38(68)69)43(74)59-33(20-39(70)71)44(75)60-34(18-25(3)4)49(80)63-16-8-10-36(63)47(78)57-31(50(81)82)9-6-7-15-51/h21,23-26,28-36,40,64-65H,6-20,22,51-52H2,1-5H3,(H,53,54)(H,55,77)(H,56,79)(H,57,78)(H,58,73)(H,59,74)(H,60,75)(H,61,72)(H,62,76)(H,66,67)(H,68,69)(H,70,71)(H,81,82)/t26-,28+,29+,30+,31+,32+,33+,34+,35+,36+,40+/m1/s1. The molecule has 1 fully saturated rings. The Morgan fingerprint density at radius 2 is 1.13 bits per heavy atom. The topological polar surface area (TPSA) is 523 Å². The van der Waals surface area contributed by atoms with E-state index in [1.807, 2.05) is 0 Å². The van der Waals surface area contributed by atoms with Gasteiger partial charge in [0.15, 0.2) is 0 Å². The van der Waals surface area contributed by atoms with Crippen molar-refractivity contribution in [3.8, 4) is 0 Å². The fourth-order valence-corrected chi connectivity index (χ4v) is 8.59. The number of rotatable bonds is 38. The highest BCUT2D eigenvalue weighted by Gasteiger charge is 2.41. The summed E-state index contributed by atoms with van der Waals surface area (Å²) in [5.41, 5.74) is 11.6. The van der Waals surface area contributed by atoms with Crippen molar-refractivity contribution in [3.05, 3.63) is 18.2 Å². The fourth-order valence-electron chi connectivity index (χ4n) is 8.59. The molecule has 1 aromatic heterocycles. The van der Waals surface area contributed by atoms with E-state index in [-0.39, 0.29) is 49.8 Å². The summed E-state index contributed by atoms with van der Waals surface area (Å²) in [7, 11) is 0. The highest BCUT2D eigenvalue weighted by Crippen LogP contribution is 2.22. The summed E-state index contributed by atoms with van der Waals surface area (Å²) >= 11 is 0. The maximum absolute atomic E-state index is 14.2. The molecule has 11 atom stereocenters. The van der Waals surface area contributed by atoms with Gasteiger partial charge in [-0.15, -0.1) is 0 Å². The van der Waals surface area contributed by atoms with Crippen LogP contribution < -0.4 is 54.0 Å². The zero-order chi connectivity index (χ0) is 62.0. The van der Waals surface area contributed by atoms with Gasteiger partial charge in [0.1, 0.15) is 54.4 Å². The molecule has 1 aliphatic heterocycles. The molecule has 1 saturated heterocycles. The maximum atomic E-state index is 14.2. The molecule has 0 unspecified atom stereocenters. The van der Waals surface area contributed by atoms with E-state index in [1.54, 1.807) is 27.7 Å². The molecule has 19 N–H and O–H groups in total. The van der Waals surface area contributed by atoms with Crippen molar-refractivity contribution in [1.29, 1.82) is 0 Å². The first-order valence-corrected chi connectivity index (χ1v) is 26.8. The monoisotopic (exact) mass is 1170 g/mol. The number of aliphatic hydroxyl groups excluding tert-OH is 2. The van der Waals surface area contributed by atoms with Crippen LogP contribution in [0.1, 0.15) is 117 Å². The van der Waals surface area contributed by atoms with Gasteiger partial charge in [-0.1, -0.05) is 27.7 Å². The third-order valence-corrected chi connectivity index (χ3v) is 12.8. The minimum Gasteiger partial charge on any atom is -0.481 e. The van der Waals surface area contributed by atoms with Crippen molar-refractivity contribution in [2.75, 3.05) is 19.7 Å². The SMILES string of the molecule is CC(C)C[C@H](NC(=O)[C@H](CC(=O)O)NC(=O)[C@H](CCC(=O)O)NC(=O)[C@@H](NC(=O)[C@H](Cc1cnc[nH]1)NC(=O)[C@H](CCC(=O)O)NC(=O)[C@H](CO)NC(=O)[C@@H](N)CC(C)C)[C@@H](C)O)C(=O)N1CCC[C@H]1C(=O)N[C@@H](CCCCN)C(=O)O. The van der Waals surface area contributed by atoms with Gasteiger partial charge < -0.3 is 94.5 Å². The number of unbranched alkanes of at least 4 members (excludes halogenated alkanes) is 1. The summed E-state index contributed by atoms with van der Waals surface area (Å²) in [6.45, 7) is 7.33. The lowest BCUT2D eigenvalue weighted by molar-refractivity contribution is -0.145. The molecular weight excluding hydrogens is 1090 g/mol. The molecule has 2 rings (SSSR count). The highest BCUT2D eigenvalue weighted by atomic mass is 16.4. The Morgan fingerprint density at radius 3 is 1.63 bits per heavy atom. The molecule has 460 valence electrons. The molecule has 1 aliphatic rings. The second kappa shape index (κ2) is 35.1. The summed E-state index contributed by atoms with van der Waals surface area (Å²) in [4.78, 5) is 179. The summed E-state index contributed by atoms with van der Waals surface area (Å²) < 4.78 is 0. The van der Waals surface area contributed by atoms with Gasteiger partial charge in [0.2, 0.25) is 53.2 Å². The highest BCUT2D eigenvalue weighted by molar-refractivity contribution is 5.99. The van der Waals surface area contributed by atoms with E-state index in [0.29, 0.717) is 25.8 Å². The molecule has 32 nitrogen and oxygen atoms in total. The third-order valence-electron chi connectivity index (χ3n) is 12.8. The van der Waals surface area contributed by atoms with E-state index in [4.69, 9.17) is 11.5 Å². The van der Waals surface area contributed by atoms with E-state index in [9.17, 15) is 93.0 Å². The lowest BCUT2D eigenvalue weighted by atomic mass is 10.0. The number of aliphatic carboxylic acids is 4. The Hall–Kier alpha value is -7.84. The summed E-state index contributed by atoms with van der Waals surface area (Å²) in [5, 5.41) is 77.8. The number of nitrogens with two attached hydrogens (primary N) is 2. The Bertz CT molecular complexity index is 2370. The molecule has 9 amide bonds. The molecule has 2 heterocycles. The molecule has 0 bridgehead atoms. The van der Waals surface area contributed by atoms with E-state index in [0.717, 1.165) is 6.92 Å². The molecule has 0 aromatic carbocycles. The quantitative estimate of drug-likeness (QED) is 0.0276. The van der Waals surface area contributed by atoms with Crippen molar-refractivity contribution < 1.29 is 93.0 Å². The number of hydrogen-bond acceptors (Lipinski definition) is 18. The van der Waals surface area contributed by atoms with Crippen molar-refractivity contribution in [1.82, 2.24) is 57.4 Å². The van der Waals surface area contributed by atoms with E-state index in [1.165, 1.54) is 17.4 Å². The zero-order valence-corrected chi connectivity index (χ0v) is 46.5. The van der Waals surface area contributed by atoms with Gasteiger partial charge in [-0.25, -0.2) is 9.78 Å². The van der Waals surface area contributed by atoms with Crippen LogP contribution in [0.2, 0.25) is 0 Å². The van der Waals surface area contributed by atoms with Gasteiger partial charge in [0.25, 0.3) is 0 Å². The van der Waals surface area contributed by atoms with Crippen LogP contribution in [-0.2, 0) is 68.7 Å². The fraction of sp³-hybridized carbons (Fsp3) is 0.680. The van der Waals surface area contributed by atoms with Gasteiger partial charge in [0, 0.05) is 37.7 Å². The van der Waals surface area contributed by atoms with Crippen molar-refractivity contribution in [3.63, 3.8) is 0 Å². The first-order chi connectivity index (χ1) is 38.5. The van der Waals surface area contributed by atoms with E-state index in [2.05, 4.69) is 52.5 Å². The number of imidazole rings is 1. The molecule has 82 heavy (non-hydrogen) atoms. The molecular formula is C50H81N13O19. The van der Waals surface area contributed by atoms with Crippen LogP contribution in [0, 0.1) is 11.8 Å². The number of carbonyl (C=O) groups excluding carboxylic acids is 9. The van der Waals surface area contributed by atoms with Crippen molar-refractivity contribution in [2.24, 2.45) is 23.3 Å². The third kappa shape index (κ3) is 24.5. The normalized spacial score (nSPS) is 16.8. The number of aliphatic hydroxyl groups is 2. The summed E-state index contributed by atoms with van der Waals surface area (Å²) in [6.07, 6.45) is -2.26. The molecule has 0 spiro atoms. The smallest absolute Gasteiger partial charge is 0.326 e. The van der Waals surface area contributed by atoms with Gasteiger partial charge in [0.05, 0.1) is 31.5 Å². The van der Waals surface area contributed by atoms with Crippen molar-refractivity contribution >= 4 is 77.0 Å². The zero-order valence-electron chi connectivity index (χ0n) is 46.5. The first kappa shape index (κ1) is 70.3. The number of carboxylic acids is 4. The molecule has 0 aliphatic carbocycles. The van der Waals surface area contributed by atoms with Crippen LogP contribution in [0.4, 0.5) is 0 Å². The van der Waals surface area contributed by atoms with Crippen LogP contribution >= 0.6 is 0 Å². The van der Waals surface area contributed by atoms with Gasteiger partial charge in [-0.2, -0.15) is 0 Å². The van der Waals surface area contributed by atoms with Crippen LogP contribution in [0.3, 0.4) is 0 Å². The second-order valence-corrected chi connectivity index (χ2v) is 20.8. The number of likely N-dealkylation sites (tertiary alicyclic amines) is 1. The second-order valence-electron chi connectivity index (χ2n) is 20.8. The predicted molar refractivity (Wildman–Crippen MR) is 285 cm³/mol. The van der Waals surface area contributed by atoms with E-state index >= 15 is 0 Å². The van der Waals surface area contributed by atoms with Gasteiger partial charge >= 0.3 is 23.9 Å². The number of amides is 9. The van der Waals surface area contributed by atoms with Crippen LogP contribution in [0.5, 0.6) is 0 Å². The van der Waals surface area contributed by atoms with Crippen molar-refractivity contribution in [2.45, 2.75) is 185 Å². The van der Waals surface area contributed by atoms with Gasteiger partial charge in [-0.3, -0.25) is 57.5 Å². The first-order valence-electron chi connectivity index (χ1n) is 26.8. The summed E-state index contributed by atoms with van der Waals surface area (Å²) in [6, 6.07) is -16.1. The molecule has 32 heteroatoms. The Kier molecular flexibility index (Phi) is 30.1. The number of hydrogen-bond donors (Lipinski definition) is 17. The Labute approximate surface area is 472 Å². The van der Waals surface area contributed by atoms with E-state index < -0.39 is 189 Å². The number of nitrogens with one attached hydrogen (secondary N) is 9. The average Bonchev–Trinajstić information content (AvgIpc) is 4.15. The lowest BCUT2D eigenvalue weighted by Gasteiger charge is -2.31. The molecule has 0 radical (unpaired) electrons. The molecule has 1 aromatic rings. The Balaban J connectivity index is 2.43. The van der Waals surface area contributed by atoms with Crippen LogP contribution in [0.25, 0.3) is 0 Å². The predicted octanol–water partition coefficient (Wildman–Crippen LogP) is -4.97. The number of H-pyrrole nitrogens is 1. The van der Waals surface area contributed by atoms with Crippen LogP contribution in [-0.4, -0.2) is 209 Å². The number of carboxylic acid groups (broad SMARTS) is 4. The number of carbonyl (C=O) groups is 13. The minimum atomic E-state index is -2.03. The number of aromatic amines is 1. The number of aromatic nitrogens is 2. The Morgan fingerprint density at radius 1 is 0.622 bits per heavy atom. The summed E-state index contributed by atoms with van der Waals surface area (Å²) in [5.74, 6) is -16.0.